The molecule has 2 atom stereocenters. The van der Waals surface area contributed by atoms with E-state index in [2.05, 4.69) is 15.6 Å². The summed E-state index contributed by atoms with van der Waals surface area (Å²) >= 11 is 12.5. The third-order valence-electron chi connectivity index (χ3n) is 6.68. The number of amides is 1. The predicted molar refractivity (Wildman–Crippen MR) is 130 cm³/mol. The van der Waals surface area contributed by atoms with Gasteiger partial charge in [0.1, 0.15) is 0 Å². The number of anilines is 1. The topological polar surface area (TPSA) is 80.3 Å². The highest BCUT2D eigenvalue weighted by Crippen LogP contribution is 2.48. The molecule has 8 heteroatoms. The number of carbonyl (C=O) groups is 2. The number of hydrogen-bond donors (Lipinski definition) is 2. The summed E-state index contributed by atoms with van der Waals surface area (Å²) < 4.78 is 5.97. The first-order chi connectivity index (χ1) is 15.7. The van der Waals surface area contributed by atoms with Crippen LogP contribution in [-0.4, -0.2) is 34.9 Å². The van der Waals surface area contributed by atoms with Crippen molar-refractivity contribution in [1.82, 2.24) is 10.3 Å². The maximum atomic E-state index is 13.8. The van der Waals surface area contributed by atoms with Crippen LogP contribution in [0.5, 0.6) is 5.88 Å². The van der Waals surface area contributed by atoms with Crippen molar-refractivity contribution in [3.8, 4) is 5.88 Å². The van der Waals surface area contributed by atoms with Gasteiger partial charge in [-0.05, 0) is 51.0 Å². The fraction of sp³-hybridized carbons (Fsp3) is 0.480. The minimum absolute atomic E-state index is 0.0743. The maximum absolute atomic E-state index is 13.8. The van der Waals surface area contributed by atoms with Crippen molar-refractivity contribution >= 4 is 41.1 Å². The second-order valence-corrected chi connectivity index (χ2v) is 10.4. The number of aldehydes is 1. The fourth-order valence-corrected chi connectivity index (χ4v) is 5.53. The van der Waals surface area contributed by atoms with E-state index in [0.717, 1.165) is 44.0 Å². The Bertz CT molecular complexity index is 1040. The van der Waals surface area contributed by atoms with Gasteiger partial charge in [-0.25, -0.2) is 4.98 Å². The van der Waals surface area contributed by atoms with E-state index in [-0.39, 0.29) is 23.3 Å². The van der Waals surface area contributed by atoms with Gasteiger partial charge in [0.15, 0.2) is 11.9 Å². The summed E-state index contributed by atoms with van der Waals surface area (Å²) in [5.74, 6) is -0.323. The van der Waals surface area contributed by atoms with Crippen LogP contribution in [-0.2, 0) is 9.59 Å². The minimum Gasteiger partial charge on any atom is -0.464 e. The lowest BCUT2D eigenvalue weighted by molar-refractivity contribution is -0.122. The van der Waals surface area contributed by atoms with Crippen molar-refractivity contribution in [2.45, 2.75) is 63.0 Å². The van der Waals surface area contributed by atoms with Crippen LogP contribution in [0, 0.1) is 5.92 Å². The summed E-state index contributed by atoms with van der Waals surface area (Å²) in [5, 5.41) is 7.79. The molecular weight excluding hydrogens is 461 g/mol. The molecule has 1 aliphatic carbocycles. The zero-order valence-electron chi connectivity index (χ0n) is 18.9. The Balaban J connectivity index is 1.73. The van der Waals surface area contributed by atoms with E-state index in [9.17, 15) is 9.59 Å². The van der Waals surface area contributed by atoms with Crippen molar-refractivity contribution in [3.63, 3.8) is 0 Å². The van der Waals surface area contributed by atoms with Gasteiger partial charge in [0.05, 0.1) is 10.9 Å². The molecule has 1 aliphatic heterocycles. The second-order valence-electron chi connectivity index (χ2n) is 9.55. The van der Waals surface area contributed by atoms with Crippen LogP contribution in [0.2, 0.25) is 10.0 Å². The van der Waals surface area contributed by atoms with Gasteiger partial charge < -0.3 is 15.4 Å². The van der Waals surface area contributed by atoms with Crippen molar-refractivity contribution in [3.05, 3.63) is 52.1 Å². The third-order valence-corrected chi connectivity index (χ3v) is 7.12. The van der Waals surface area contributed by atoms with E-state index in [1.54, 1.807) is 32.0 Å². The Hall–Kier alpha value is -2.15. The van der Waals surface area contributed by atoms with Gasteiger partial charge in [0.2, 0.25) is 11.8 Å². The average Bonchev–Trinajstić information content (AvgIpc) is 3.13. The molecule has 1 saturated heterocycles. The number of aromatic nitrogens is 1. The van der Waals surface area contributed by atoms with Gasteiger partial charge >= 0.3 is 0 Å². The quantitative estimate of drug-likeness (QED) is 0.531. The number of hydrogen-bond acceptors (Lipinski definition) is 5. The zero-order chi connectivity index (χ0) is 23.6. The maximum Gasteiger partial charge on any atom is 0.230 e. The highest BCUT2D eigenvalue weighted by molar-refractivity contribution is 6.31. The first-order valence-electron chi connectivity index (χ1n) is 11.4. The minimum atomic E-state index is -1.05. The number of benzene rings is 1. The molecule has 2 unspecified atom stereocenters. The number of ether oxygens (including phenoxy) is 1. The lowest BCUT2D eigenvalue weighted by Crippen LogP contribution is -2.50. The highest BCUT2D eigenvalue weighted by atomic mass is 35.5. The molecule has 2 N–H and O–H groups in total. The number of nitrogens with zero attached hydrogens (tertiary/aromatic N) is 1. The van der Waals surface area contributed by atoms with Crippen molar-refractivity contribution in [1.29, 1.82) is 0 Å². The summed E-state index contributed by atoms with van der Waals surface area (Å²) in [6.07, 6.45) is 7.37. The van der Waals surface area contributed by atoms with Gasteiger partial charge in [0.25, 0.3) is 0 Å². The van der Waals surface area contributed by atoms with E-state index in [0.29, 0.717) is 28.2 Å². The molecule has 0 bridgehead atoms. The first-order valence-corrected chi connectivity index (χ1v) is 12.1. The van der Waals surface area contributed by atoms with E-state index in [1.807, 2.05) is 12.1 Å². The van der Waals surface area contributed by atoms with Crippen molar-refractivity contribution in [2.24, 2.45) is 5.92 Å². The molecule has 4 rings (SSSR count). The van der Waals surface area contributed by atoms with Crippen LogP contribution < -0.4 is 15.4 Å². The molecule has 2 aromatic rings. The van der Waals surface area contributed by atoms with Crippen molar-refractivity contribution in [2.75, 3.05) is 11.9 Å². The van der Waals surface area contributed by atoms with Gasteiger partial charge in [-0.1, -0.05) is 48.5 Å². The zero-order valence-corrected chi connectivity index (χ0v) is 20.4. The summed E-state index contributed by atoms with van der Waals surface area (Å²) in [7, 11) is 0. The number of pyridine rings is 1. The summed E-state index contributed by atoms with van der Waals surface area (Å²) in [6.45, 7) is 3.95. The van der Waals surface area contributed by atoms with Crippen LogP contribution in [0.3, 0.4) is 0 Å². The normalized spacial score (nSPS) is 22.2. The fourth-order valence-electron chi connectivity index (χ4n) is 5.17. The Morgan fingerprint density at radius 3 is 2.67 bits per heavy atom. The predicted octanol–water partition coefficient (Wildman–Crippen LogP) is 5.39. The van der Waals surface area contributed by atoms with Gasteiger partial charge in [0, 0.05) is 40.5 Å². The number of rotatable bonds is 6. The molecule has 2 aliphatic rings. The Morgan fingerprint density at radius 1 is 1.21 bits per heavy atom. The molecule has 1 amide bonds. The number of carbonyl (C=O) groups excluding carboxylic acids is 2. The average molecular weight is 490 g/mol. The SMILES string of the molecule is CC(C)(C=O)Oc1ncc(Cl)cc1C1CNC2(CCCCC2)C1C(=O)Nc1cccc(Cl)c1. The number of halogens is 2. The van der Waals surface area contributed by atoms with E-state index in [1.165, 1.54) is 6.20 Å². The van der Waals surface area contributed by atoms with Crippen LogP contribution >= 0.6 is 23.2 Å². The lowest BCUT2D eigenvalue weighted by atomic mass is 9.69. The molecule has 2 heterocycles. The van der Waals surface area contributed by atoms with Crippen LogP contribution in [0.25, 0.3) is 0 Å². The van der Waals surface area contributed by atoms with E-state index < -0.39 is 5.60 Å². The van der Waals surface area contributed by atoms with Gasteiger partial charge in [-0.15, -0.1) is 0 Å². The molecular formula is C25H29Cl2N3O3. The molecule has 33 heavy (non-hydrogen) atoms. The molecule has 1 aromatic carbocycles. The Morgan fingerprint density at radius 2 is 1.97 bits per heavy atom. The summed E-state index contributed by atoms with van der Waals surface area (Å²) in [5.41, 5.74) is 0.0269. The first kappa shape index (κ1) is 24.0. The van der Waals surface area contributed by atoms with Crippen LogP contribution in [0.15, 0.2) is 36.5 Å². The van der Waals surface area contributed by atoms with E-state index >= 15 is 0 Å². The standard InChI is InChI=1S/C25H29Cl2N3O3/c1-24(2,15-31)33-23-19(12-17(27)13-28-23)20-14-29-25(9-4-3-5-10-25)21(20)22(32)30-18-8-6-7-16(26)11-18/h6-8,11-13,15,20-21,29H,3-5,9-10,14H2,1-2H3,(H,30,32). The molecule has 0 radical (unpaired) electrons. The molecule has 1 aromatic heterocycles. The molecule has 2 fully saturated rings. The summed E-state index contributed by atoms with van der Waals surface area (Å²) in [4.78, 5) is 29.7. The van der Waals surface area contributed by atoms with Gasteiger partial charge in [-0.3, -0.25) is 9.59 Å². The lowest BCUT2D eigenvalue weighted by Gasteiger charge is -2.39. The monoisotopic (exact) mass is 489 g/mol. The second kappa shape index (κ2) is 9.61. The van der Waals surface area contributed by atoms with E-state index in [4.69, 9.17) is 27.9 Å². The Kier molecular flexibility index (Phi) is 6.99. The highest BCUT2D eigenvalue weighted by Gasteiger charge is 2.53. The molecule has 6 nitrogen and oxygen atoms in total. The van der Waals surface area contributed by atoms with Gasteiger partial charge in [-0.2, -0.15) is 0 Å². The molecule has 1 spiro atoms. The smallest absolute Gasteiger partial charge is 0.230 e. The summed E-state index contributed by atoms with van der Waals surface area (Å²) in [6, 6.07) is 8.96. The van der Waals surface area contributed by atoms with Crippen LogP contribution in [0.4, 0.5) is 5.69 Å². The van der Waals surface area contributed by atoms with Crippen LogP contribution in [0.1, 0.15) is 57.4 Å². The Labute approximate surface area is 204 Å². The molecule has 176 valence electrons. The number of nitrogens with one attached hydrogen (secondary N) is 2. The molecule has 1 saturated carbocycles. The van der Waals surface area contributed by atoms with Crippen molar-refractivity contribution < 1.29 is 14.3 Å². The largest absolute Gasteiger partial charge is 0.464 e. The third kappa shape index (κ3) is 5.18.